The molecule has 0 aliphatic carbocycles. The van der Waals surface area contributed by atoms with Crippen LogP contribution in [0.5, 0.6) is 0 Å². The molecule has 94 valence electrons. The molecule has 0 aliphatic rings. The third kappa shape index (κ3) is 2.56. The van der Waals surface area contributed by atoms with E-state index in [0.717, 1.165) is 26.9 Å². The maximum absolute atomic E-state index is 4.50. The van der Waals surface area contributed by atoms with Crippen molar-refractivity contribution >= 4 is 38.6 Å². The number of nitrogens with zero attached hydrogens (tertiary/aromatic N) is 3. The van der Waals surface area contributed by atoms with Crippen molar-refractivity contribution in [3.63, 3.8) is 0 Å². The molecular weight excluding hydrogens is 304 g/mol. The Balaban J connectivity index is 1.94. The summed E-state index contributed by atoms with van der Waals surface area (Å²) in [4.78, 5) is 13.1. The summed E-state index contributed by atoms with van der Waals surface area (Å²) in [7, 11) is 0. The molecule has 0 amide bonds. The lowest BCUT2D eigenvalue weighted by atomic mass is 10.3. The highest BCUT2D eigenvalue weighted by molar-refractivity contribution is 9.10. The van der Waals surface area contributed by atoms with Crippen LogP contribution in [0.25, 0.3) is 11.0 Å². The molecular formula is C14H11BrN4. The smallest absolute Gasteiger partial charge is 0.150 e. The summed E-state index contributed by atoms with van der Waals surface area (Å²) in [5.41, 5.74) is 2.86. The number of pyridine rings is 1. The molecule has 4 nitrogen and oxygen atoms in total. The number of hydrogen-bond acceptors (Lipinski definition) is 4. The third-order valence-electron chi connectivity index (χ3n) is 2.75. The summed E-state index contributed by atoms with van der Waals surface area (Å²) >= 11 is 3.43. The highest BCUT2D eigenvalue weighted by atomic mass is 79.9. The van der Waals surface area contributed by atoms with Crippen LogP contribution < -0.4 is 5.32 Å². The molecule has 2 heterocycles. The van der Waals surface area contributed by atoms with E-state index in [-0.39, 0.29) is 0 Å². The Kier molecular flexibility index (Phi) is 3.13. The fourth-order valence-corrected chi connectivity index (χ4v) is 1.97. The van der Waals surface area contributed by atoms with Crippen molar-refractivity contribution in [2.24, 2.45) is 0 Å². The first-order valence-corrected chi connectivity index (χ1v) is 6.62. The molecule has 0 unspecified atom stereocenters. The van der Waals surface area contributed by atoms with Gasteiger partial charge in [-0.3, -0.25) is 4.98 Å². The average Bonchev–Trinajstić information content (AvgIpc) is 2.43. The molecule has 0 fully saturated rings. The molecule has 5 heteroatoms. The van der Waals surface area contributed by atoms with Crippen LogP contribution in [0.4, 0.5) is 11.6 Å². The molecule has 0 atom stereocenters. The number of nitrogens with one attached hydrogen (secondary N) is 1. The summed E-state index contributed by atoms with van der Waals surface area (Å²) in [6, 6.07) is 9.73. The minimum Gasteiger partial charge on any atom is -0.324 e. The zero-order valence-corrected chi connectivity index (χ0v) is 11.8. The first kappa shape index (κ1) is 12.0. The van der Waals surface area contributed by atoms with E-state index in [0.29, 0.717) is 5.82 Å². The summed E-state index contributed by atoms with van der Waals surface area (Å²) in [6.45, 7) is 2.02. The molecule has 3 rings (SSSR count). The van der Waals surface area contributed by atoms with Crippen LogP contribution in [-0.2, 0) is 0 Å². The maximum Gasteiger partial charge on any atom is 0.150 e. The standard InChI is InChI=1S/C14H11BrN4/c1-9-6-13(17-7-10(9)15)19-14-8-16-11-4-2-3-5-12(11)18-14/h2-8H,1H3,(H,17,18,19). The first-order valence-electron chi connectivity index (χ1n) is 5.83. The quantitative estimate of drug-likeness (QED) is 0.780. The second kappa shape index (κ2) is 4.93. The zero-order valence-electron chi connectivity index (χ0n) is 10.3. The van der Waals surface area contributed by atoms with Crippen molar-refractivity contribution in [2.75, 3.05) is 5.32 Å². The minimum absolute atomic E-state index is 0.688. The Bertz CT molecular complexity index is 742. The predicted molar refractivity (Wildman–Crippen MR) is 79.5 cm³/mol. The summed E-state index contributed by atoms with van der Waals surface area (Å²) in [5, 5.41) is 3.16. The fourth-order valence-electron chi connectivity index (χ4n) is 1.76. The number of fused-ring (bicyclic) bond motifs is 1. The van der Waals surface area contributed by atoms with Crippen LogP contribution >= 0.6 is 15.9 Å². The average molecular weight is 315 g/mol. The van der Waals surface area contributed by atoms with Gasteiger partial charge >= 0.3 is 0 Å². The van der Waals surface area contributed by atoms with E-state index in [2.05, 4.69) is 36.2 Å². The van der Waals surface area contributed by atoms with E-state index in [1.54, 1.807) is 12.4 Å². The van der Waals surface area contributed by atoms with Gasteiger partial charge in [0.25, 0.3) is 0 Å². The predicted octanol–water partition coefficient (Wildman–Crippen LogP) is 3.84. The Morgan fingerprint density at radius 1 is 1.00 bits per heavy atom. The lowest BCUT2D eigenvalue weighted by Crippen LogP contribution is -1.98. The highest BCUT2D eigenvalue weighted by Gasteiger charge is 2.02. The second-order valence-corrected chi connectivity index (χ2v) is 5.04. The third-order valence-corrected chi connectivity index (χ3v) is 3.58. The molecule has 0 saturated heterocycles. The van der Waals surface area contributed by atoms with Crippen LogP contribution in [0.2, 0.25) is 0 Å². The van der Waals surface area contributed by atoms with Crippen LogP contribution in [0.1, 0.15) is 5.56 Å². The van der Waals surface area contributed by atoms with E-state index >= 15 is 0 Å². The van der Waals surface area contributed by atoms with Crippen LogP contribution in [-0.4, -0.2) is 15.0 Å². The molecule has 3 aromatic rings. The molecule has 1 N–H and O–H groups in total. The number of halogens is 1. The van der Waals surface area contributed by atoms with Crippen LogP contribution in [0.3, 0.4) is 0 Å². The molecule has 0 saturated carbocycles. The van der Waals surface area contributed by atoms with Gasteiger partial charge in [0, 0.05) is 10.7 Å². The topological polar surface area (TPSA) is 50.7 Å². The van der Waals surface area contributed by atoms with Gasteiger partial charge in [0.15, 0.2) is 5.82 Å². The van der Waals surface area contributed by atoms with Crippen LogP contribution in [0, 0.1) is 6.92 Å². The highest BCUT2D eigenvalue weighted by Crippen LogP contribution is 2.20. The number of rotatable bonds is 2. The first-order chi connectivity index (χ1) is 9.22. The van der Waals surface area contributed by atoms with E-state index in [1.807, 2.05) is 37.3 Å². The van der Waals surface area contributed by atoms with E-state index in [4.69, 9.17) is 0 Å². The Hall–Kier alpha value is -2.01. The van der Waals surface area contributed by atoms with Gasteiger partial charge < -0.3 is 5.32 Å². The second-order valence-electron chi connectivity index (χ2n) is 4.19. The van der Waals surface area contributed by atoms with Gasteiger partial charge in [0.05, 0.1) is 17.2 Å². The summed E-state index contributed by atoms with van der Waals surface area (Å²) in [6.07, 6.45) is 3.48. The molecule has 1 aromatic carbocycles. The molecule has 0 spiro atoms. The van der Waals surface area contributed by atoms with Crippen molar-refractivity contribution in [1.29, 1.82) is 0 Å². The van der Waals surface area contributed by atoms with Gasteiger partial charge in [-0.15, -0.1) is 0 Å². The van der Waals surface area contributed by atoms with E-state index < -0.39 is 0 Å². The molecule has 2 aromatic heterocycles. The number of benzene rings is 1. The Morgan fingerprint density at radius 3 is 2.58 bits per heavy atom. The van der Waals surface area contributed by atoms with E-state index in [1.165, 1.54) is 0 Å². The van der Waals surface area contributed by atoms with Crippen molar-refractivity contribution < 1.29 is 0 Å². The molecule has 0 aliphatic heterocycles. The molecule has 0 radical (unpaired) electrons. The minimum atomic E-state index is 0.688. The zero-order chi connectivity index (χ0) is 13.2. The van der Waals surface area contributed by atoms with Gasteiger partial charge in [-0.05, 0) is 46.6 Å². The number of para-hydroxylation sites is 2. The van der Waals surface area contributed by atoms with Gasteiger partial charge in [-0.1, -0.05) is 12.1 Å². The SMILES string of the molecule is Cc1cc(Nc2cnc3ccccc3n2)ncc1Br. The fraction of sp³-hybridized carbons (Fsp3) is 0.0714. The van der Waals surface area contributed by atoms with Gasteiger partial charge in [-0.25, -0.2) is 9.97 Å². The molecule has 19 heavy (non-hydrogen) atoms. The Labute approximate surface area is 119 Å². The number of anilines is 2. The van der Waals surface area contributed by atoms with Gasteiger partial charge in [0.1, 0.15) is 5.82 Å². The largest absolute Gasteiger partial charge is 0.324 e. The van der Waals surface area contributed by atoms with Gasteiger partial charge in [0.2, 0.25) is 0 Å². The lowest BCUT2D eigenvalue weighted by molar-refractivity contribution is 1.21. The van der Waals surface area contributed by atoms with E-state index in [9.17, 15) is 0 Å². The van der Waals surface area contributed by atoms with Crippen molar-refractivity contribution in [1.82, 2.24) is 15.0 Å². The normalized spacial score (nSPS) is 10.6. The van der Waals surface area contributed by atoms with Crippen molar-refractivity contribution in [2.45, 2.75) is 6.92 Å². The Morgan fingerprint density at radius 2 is 1.79 bits per heavy atom. The van der Waals surface area contributed by atoms with Gasteiger partial charge in [-0.2, -0.15) is 0 Å². The summed E-state index contributed by atoms with van der Waals surface area (Å²) in [5.74, 6) is 1.44. The monoisotopic (exact) mass is 314 g/mol. The lowest BCUT2D eigenvalue weighted by Gasteiger charge is -2.06. The van der Waals surface area contributed by atoms with Crippen molar-refractivity contribution in [3.8, 4) is 0 Å². The van der Waals surface area contributed by atoms with Crippen LogP contribution in [0.15, 0.2) is 47.2 Å². The summed E-state index contributed by atoms with van der Waals surface area (Å²) < 4.78 is 0.989. The number of hydrogen-bond donors (Lipinski definition) is 1. The maximum atomic E-state index is 4.50. The number of aromatic nitrogens is 3. The number of aryl methyl sites for hydroxylation is 1. The molecule has 0 bridgehead atoms. The van der Waals surface area contributed by atoms with Crippen molar-refractivity contribution in [3.05, 3.63) is 52.8 Å².